The summed E-state index contributed by atoms with van der Waals surface area (Å²) in [5.74, 6) is 0.484. The van der Waals surface area contributed by atoms with Crippen LogP contribution in [0.25, 0.3) is 0 Å². The predicted octanol–water partition coefficient (Wildman–Crippen LogP) is 3.22. The first kappa shape index (κ1) is 13.6. The summed E-state index contributed by atoms with van der Waals surface area (Å²) in [6.45, 7) is 0. The van der Waals surface area contributed by atoms with Crippen LogP contribution in [0.15, 0.2) is 47.5 Å². The monoisotopic (exact) mass is 266 g/mol. The SMILES string of the molecule is COc1cccc(C=Nc2ccc(CC#N)cc2)c1O. The van der Waals surface area contributed by atoms with Crippen LogP contribution in [0.4, 0.5) is 5.69 Å². The topological polar surface area (TPSA) is 65.6 Å². The lowest BCUT2D eigenvalue weighted by Gasteiger charge is -2.04. The maximum Gasteiger partial charge on any atom is 0.166 e. The molecule has 0 spiro atoms. The van der Waals surface area contributed by atoms with Crippen LogP contribution in [0.2, 0.25) is 0 Å². The van der Waals surface area contributed by atoms with Gasteiger partial charge in [0.15, 0.2) is 11.5 Å². The van der Waals surface area contributed by atoms with Crippen LogP contribution in [0.1, 0.15) is 11.1 Å². The molecule has 0 aliphatic rings. The number of aromatic hydroxyl groups is 1. The molecule has 4 heteroatoms. The van der Waals surface area contributed by atoms with Crippen LogP contribution in [-0.2, 0) is 6.42 Å². The number of nitriles is 1. The molecule has 0 bridgehead atoms. The van der Waals surface area contributed by atoms with Crippen LogP contribution in [0.3, 0.4) is 0 Å². The Morgan fingerprint density at radius 1 is 1.25 bits per heavy atom. The van der Waals surface area contributed by atoms with E-state index in [1.54, 1.807) is 24.4 Å². The third-order valence-corrected chi connectivity index (χ3v) is 2.82. The Bertz CT molecular complexity index is 655. The lowest BCUT2D eigenvalue weighted by atomic mass is 10.1. The molecule has 0 atom stereocenters. The fourth-order valence-electron chi connectivity index (χ4n) is 1.74. The second-order valence-electron chi connectivity index (χ2n) is 4.16. The van der Waals surface area contributed by atoms with E-state index in [0.717, 1.165) is 11.3 Å². The summed E-state index contributed by atoms with van der Waals surface area (Å²) >= 11 is 0. The summed E-state index contributed by atoms with van der Waals surface area (Å²) in [5, 5.41) is 18.5. The van der Waals surface area contributed by atoms with Gasteiger partial charge in [0, 0.05) is 11.8 Å². The van der Waals surface area contributed by atoms with Crippen molar-refractivity contribution in [1.82, 2.24) is 0 Å². The number of hydrogen-bond donors (Lipinski definition) is 1. The lowest BCUT2D eigenvalue weighted by molar-refractivity contribution is 0.373. The van der Waals surface area contributed by atoms with Gasteiger partial charge in [-0.1, -0.05) is 18.2 Å². The normalized spacial score (nSPS) is 10.4. The van der Waals surface area contributed by atoms with E-state index in [2.05, 4.69) is 11.1 Å². The predicted molar refractivity (Wildman–Crippen MR) is 77.7 cm³/mol. The van der Waals surface area contributed by atoms with Crippen LogP contribution < -0.4 is 4.74 Å². The van der Waals surface area contributed by atoms with Gasteiger partial charge in [-0.3, -0.25) is 4.99 Å². The van der Waals surface area contributed by atoms with E-state index in [-0.39, 0.29) is 5.75 Å². The third kappa shape index (κ3) is 3.15. The Morgan fingerprint density at radius 2 is 2.00 bits per heavy atom. The van der Waals surface area contributed by atoms with Crippen LogP contribution in [-0.4, -0.2) is 18.4 Å². The van der Waals surface area contributed by atoms with Gasteiger partial charge in [-0.15, -0.1) is 0 Å². The van der Waals surface area contributed by atoms with E-state index in [1.807, 2.05) is 24.3 Å². The number of benzene rings is 2. The molecule has 0 radical (unpaired) electrons. The molecule has 0 aliphatic heterocycles. The van der Waals surface area contributed by atoms with Gasteiger partial charge in [-0.25, -0.2) is 0 Å². The standard InChI is InChI=1S/C16H14N2O2/c1-20-15-4-2-3-13(16(15)19)11-18-14-7-5-12(6-8-14)9-10-17/h2-8,11,19H,9H2,1H3. The lowest BCUT2D eigenvalue weighted by Crippen LogP contribution is -1.88. The molecule has 2 aromatic carbocycles. The highest BCUT2D eigenvalue weighted by molar-refractivity contribution is 5.86. The van der Waals surface area contributed by atoms with E-state index in [4.69, 9.17) is 10.00 Å². The average molecular weight is 266 g/mol. The van der Waals surface area contributed by atoms with Gasteiger partial charge in [-0.05, 0) is 29.8 Å². The molecule has 2 rings (SSSR count). The van der Waals surface area contributed by atoms with Crippen LogP contribution in [0, 0.1) is 11.3 Å². The molecular weight excluding hydrogens is 252 g/mol. The van der Waals surface area contributed by atoms with Crippen molar-refractivity contribution in [1.29, 1.82) is 5.26 Å². The second-order valence-corrected chi connectivity index (χ2v) is 4.16. The molecule has 0 saturated heterocycles. The molecule has 2 aromatic rings. The number of aliphatic imine (C=N–C) groups is 1. The summed E-state index contributed by atoms with van der Waals surface area (Å²) in [6.07, 6.45) is 1.97. The van der Waals surface area contributed by atoms with E-state index < -0.39 is 0 Å². The minimum Gasteiger partial charge on any atom is -0.504 e. The van der Waals surface area contributed by atoms with Gasteiger partial charge in [0.2, 0.25) is 0 Å². The third-order valence-electron chi connectivity index (χ3n) is 2.82. The molecule has 0 aromatic heterocycles. The summed E-state index contributed by atoms with van der Waals surface area (Å²) < 4.78 is 5.04. The smallest absolute Gasteiger partial charge is 0.166 e. The molecule has 4 nitrogen and oxygen atoms in total. The number of hydrogen-bond acceptors (Lipinski definition) is 4. The molecule has 1 N–H and O–H groups in total. The Balaban J connectivity index is 2.19. The number of phenolic OH excluding ortho intramolecular Hbond substituents is 1. The number of phenols is 1. The minimum absolute atomic E-state index is 0.0693. The molecule has 0 aliphatic carbocycles. The first-order valence-corrected chi connectivity index (χ1v) is 6.10. The summed E-state index contributed by atoms with van der Waals surface area (Å²) in [6, 6.07) is 14.7. The summed E-state index contributed by atoms with van der Waals surface area (Å²) in [4.78, 5) is 4.29. The van der Waals surface area contributed by atoms with E-state index in [0.29, 0.717) is 17.7 Å². The molecule has 0 heterocycles. The Labute approximate surface area is 117 Å². The molecule has 100 valence electrons. The van der Waals surface area contributed by atoms with Crippen molar-refractivity contribution in [2.75, 3.05) is 7.11 Å². The Kier molecular flexibility index (Phi) is 4.35. The highest BCUT2D eigenvalue weighted by Gasteiger charge is 2.04. The quantitative estimate of drug-likeness (QED) is 0.864. The molecular formula is C16H14N2O2. The van der Waals surface area contributed by atoms with E-state index in [9.17, 15) is 5.11 Å². The molecule has 20 heavy (non-hydrogen) atoms. The molecule has 0 amide bonds. The van der Waals surface area contributed by atoms with Crippen molar-refractivity contribution >= 4 is 11.9 Å². The van der Waals surface area contributed by atoms with Gasteiger partial charge >= 0.3 is 0 Å². The van der Waals surface area contributed by atoms with Crippen molar-refractivity contribution in [3.63, 3.8) is 0 Å². The summed E-state index contributed by atoms with van der Waals surface area (Å²) in [7, 11) is 1.50. The van der Waals surface area contributed by atoms with Crippen LogP contribution >= 0.6 is 0 Å². The Hall–Kier alpha value is -2.80. The highest BCUT2D eigenvalue weighted by Crippen LogP contribution is 2.28. The zero-order valence-electron chi connectivity index (χ0n) is 11.1. The van der Waals surface area contributed by atoms with Gasteiger partial charge in [-0.2, -0.15) is 5.26 Å². The first-order chi connectivity index (χ1) is 9.74. The van der Waals surface area contributed by atoms with Gasteiger partial charge in [0.05, 0.1) is 25.3 Å². The molecule has 0 fully saturated rings. The number of rotatable bonds is 4. The molecule has 0 unspecified atom stereocenters. The van der Waals surface area contributed by atoms with E-state index >= 15 is 0 Å². The fourth-order valence-corrected chi connectivity index (χ4v) is 1.74. The zero-order chi connectivity index (χ0) is 14.4. The van der Waals surface area contributed by atoms with Gasteiger partial charge in [0.25, 0.3) is 0 Å². The fraction of sp³-hybridized carbons (Fsp3) is 0.125. The molecule has 0 saturated carbocycles. The zero-order valence-corrected chi connectivity index (χ0v) is 11.1. The number of para-hydroxylation sites is 1. The maximum atomic E-state index is 9.93. The highest BCUT2D eigenvalue weighted by atomic mass is 16.5. The van der Waals surface area contributed by atoms with Crippen molar-refractivity contribution in [2.24, 2.45) is 4.99 Å². The van der Waals surface area contributed by atoms with Crippen molar-refractivity contribution in [3.05, 3.63) is 53.6 Å². The average Bonchev–Trinajstić information content (AvgIpc) is 2.48. The van der Waals surface area contributed by atoms with Crippen molar-refractivity contribution < 1.29 is 9.84 Å². The minimum atomic E-state index is 0.0693. The maximum absolute atomic E-state index is 9.93. The van der Waals surface area contributed by atoms with Gasteiger partial charge in [0.1, 0.15) is 0 Å². The largest absolute Gasteiger partial charge is 0.504 e. The number of methoxy groups -OCH3 is 1. The summed E-state index contributed by atoms with van der Waals surface area (Å²) in [5.41, 5.74) is 2.30. The van der Waals surface area contributed by atoms with Gasteiger partial charge < -0.3 is 9.84 Å². The second kappa shape index (κ2) is 6.39. The number of ether oxygens (including phenoxy) is 1. The number of nitrogens with zero attached hydrogens (tertiary/aromatic N) is 2. The van der Waals surface area contributed by atoms with Crippen LogP contribution in [0.5, 0.6) is 11.5 Å². The first-order valence-electron chi connectivity index (χ1n) is 6.10. The van der Waals surface area contributed by atoms with Crippen molar-refractivity contribution in [2.45, 2.75) is 6.42 Å². The van der Waals surface area contributed by atoms with Crippen molar-refractivity contribution in [3.8, 4) is 17.6 Å². The Morgan fingerprint density at radius 3 is 2.65 bits per heavy atom. The van der Waals surface area contributed by atoms with E-state index in [1.165, 1.54) is 7.11 Å².